The molecule has 0 saturated carbocycles. The van der Waals surface area contributed by atoms with Crippen molar-refractivity contribution >= 4 is 33.8 Å². The summed E-state index contributed by atoms with van der Waals surface area (Å²) in [6.07, 6.45) is -2.10. The molecule has 0 aliphatic rings. The van der Waals surface area contributed by atoms with Gasteiger partial charge < -0.3 is 25.2 Å². The Labute approximate surface area is 204 Å². The number of amides is 2. The van der Waals surface area contributed by atoms with Crippen molar-refractivity contribution < 1.29 is 42.2 Å². The number of benzene rings is 1. The van der Waals surface area contributed by atoms with Gasteiger partial charge >= 0.3 is 11.9 Å². The summed E-state index contributed by atoms with van der Waals surface area (Å²) < 4.78 is 37.0. The highest BCUT2D eigenvalue weighted by atomic mass is 32.2. The third-order valence-electron chi connectivity index (χ3n) is 4.90. The Hall–Kier alpha value is -3.03. The van der Waals surface area contributed by atoms with Crippen LogP contribution in [-0.4, -0.2) is 75.7 Å². The van der Waals surface area contributed by atoms with E-state index in [0.717, 1.165) is 19.8 Å². The highest BCUT2D eigenvalue weighted by Gasteiger charge is 2.38. The summed E-state index contributed by atoms with van der Waals surface area (Å²) in [4.78, 5) is 49.2. The van der Waals surface area contributed by atoms with Crippen molar-refractivity contribution in [3.63, 3.8) is 0 Å². The molecule has 0 unspecified atom stereocenters. The number of sulfonamides is 1. The monoisotopic (exact) mass is 515 g/mol. The maximum absolute atomic E-state index is 12.9. The summed E-state index contributed by atoms with van der Waals surface area (Å²) in [6, 6.07) is 1.22. The molecule has 0 aliphatic carbocycles. The van der Waals surface area contributed by atoms with Crippen molar-refractivity contribution in [2.75, 3.05) is 14.2 Å². The number of methoxy groups -OCH3 is 2. The largest absolute Gasteiger partial charge is 0.467 e. The lowest BCUT2D eigenvalue weighted by Crippen LogP contribution is -2.60. The van der Waals surface area contributed by atoms with E-state index in [0.29, 0.717) is 0 Å². The molecule has 0 aromatic heterocycles. The lowest BCUT2D eigenvalue weighted by atomic mass is 10.0. The van der Waals surface area contributed by atoms with Crippen LogP contribution in [0.3, 0.4) is 0 Å². The Morgan fingerprint density at radius 3 is 1.94 bits per heavy atom. The van der Waals surface area contributed by atoms with Gasteiger partial charge in [0.15, 0.2) is 6.10 Å². The number of aliphatic hydroxyl groups excluding tert-OH is 1. The lowest BCUT2D eigenvalue weighted by molar-refractivity contribution is -0.148. The molecular formula is C22H33N3O9S. The van der Waals surface area contributed by atoms with Gasteiger partial charge in [-0.05, 0) is 38.3 Å². The van der Waals surface area contributed by atoms with E-state index >= 15 is 0 Å². The van der Waals surface area contributed by atoms with Crippen LogP contribution < -0.4 is 15.4 Å². The smallest absolute Gasteiger partial charge is 0.328 e. The molecule has 0 heterocycles. The summed E-state index contributed by atoms with van der Waals surface area (Å²) in [5.41, 5.74) is 0.781. The molecule has 0 spiro atoms. The summed E-state index contributed by atoms with van der Waals surface area (Å²) in [5.74, 6) is -4.02. The maximum atomic E-state index is 12.9. The number of aliphatic hydroxyl groups is 1. The Balaban J connectivity index is 3.27. The number of ether oxygens (including phenoxy) is 2. The van der Waals surface area contributed by atoms with Crippen LogP contribution in [0, 0.1) is 12.8 Å². The Morgan fingerprint density at radius 1 is 0.914 bits per heavy atom. The van der Waals surface area contributed by atoms with Crippen molar-refractivity contribution in [3.8, 4) is 0 Å². The molecule has 2 amide bonds. The number of nitrogens with one attached hydrogen (secondary N) is 3. The van der Waals surface area contributed by atoms with Gasteiger partial charge in [-0.3, -0.25) is 9.59 Å². The number of aryl methyl sites for hydroxylation is 1. The number of rotatable bonds is 12. The second kappa shape index (κ2) is 13.2. The molecule has 1 aromatic carbocycles. The van der Waals surface area contributed by atoms with E-state index < -0.39 is 58.0 Å². The predicted octanol–water partition coefficient (Wildman–Crippen LogP) is -0.616. The van der Waals surface area contributed by atoms with Crippen molar-refractivity contribution in [2.24, 2.45) is 5.92 Å². The van der Waals surface area contributed by atoms with Crippen molar-refractivity contribution in [2.45, 2.75) is 63.2 Å². The number of carbonyl (C=O) groups excluding carboxylic acids is 4. The van der Waals surface area contributed by atoms with Crippen molar-refractivity contribution in [1.29, 1.82) is 0 Å². The summed E-state index contributed by atoms with van der Waals surface area (Å²) >= 11 is 0. The fourth-order valence-corrected chi connectivity index (χ4v) is 4.19. The van der Waals surface area contributed by atoms with E-state index in [1.54, 1.807) is 20.8 Å². The van der Waals surface area contributed by atoms with Crippen LogP contribution in [-0.2, 0) is 38.7 Å². The van der Waals surface area contributed by atoms with Crippen molar-refractivity contribution in [1.82, 2.24) is 15.4 Å². The molecule has 0 fully saturated rings. The minimum Gasteiger partial charge on any atom is -0.467 e. The van der Waals surface area contributed by atoms with E-state index in [1.807, 2.05) is 4.72 Å². The van der Waals surface area contributed by atoms with Gasteiger partial charge in [0.2, 0.25) is 15.9 Å². The van der Waals surface area contributed by atoms with Crippen LogP contribution in [0.1, 0.15) is 32.8 Å². The Kier molecular flexibility index (Phi) is 11.3. The first-order chi connectivity index (χ1) is 16.2. The van der Waals surface area contributed by atoms with Crippen LogP contribution >= 0.6 is 0 Å². The van der Waals surface area contributed by atoms with E-state index in [1.165, 1.54) is 31.2 Å². The van der Waals surface area contributed by atoms with E-state index in [2.05, 4.69) is 20.1 Å². The number of esters is 2. The number of hydrogen-bond donors (Lipinski definition) is 4. The first kappa shape index (κ1) is 30.0. The van der Waals surface area contributed by atoms with Gasteiger partial charge in [0.05, 0.1) is 19.1 Å². The predicted molar refractivity (Wildman–Crippen MR) is 124 cm³/mol. The standard InChI is InChI=1S/C22H33N3O9S/c1-12(2)11-16(22(30)34-6)24-20(28)18(26)17(19(27)23-14(4)21(29)33-5)25-35(31,32)15-9-7-13(3)8-10-15/h7-10,12,14,16-18,25-26H,11H2,1-6H3,(H,23,27)(H,24,28)/t14-,16-,17+,18+/m0/s1. The molecule has 35 heavy (non-hydrogen) atoms. The molecule has 0 bridgehead atoms. The maximum Gasteiger partial charge on any atom is 0.328 e. The van der Waals surface area contributed by atoms with Crippen LogP contribution in [0.4, 0.5) is 0 Å². The average Bonchev–Trinajstić information content (AvgIpc) is 2.80. The third kappa shape index (κ3) is 8.92. The molecule has 4 N–H and O–H groups in total. The SMILES string of the molecule is COC(=O)[C@H](C)NC(=O)[C@H](NS(=O)(=O)c1ccc(C)cc1)[C@@H](O)C(=O)N[C@@H](CC(C)C)C(=O)OC. The second-order valence-electron chi connectivity index (χ2n) is 8.32. The third-order valence-corrected chi connectivity index (χ3v) is 6.36. The summed E-state index contributed by atoms with van der Waals surface area (Å²) in [6.45, 7) is 6.60. The summed E-state index contributed by atoms with van der Waals surface area (Å²) in [5, 5.41) is 15.2. The second-order valence-corrected chi connectivity index (χ2v) is 10.0. The zero-order valence-electron chi connectivity index (χ0n) is 20.5. The van der Waals surface area contributed by atoms with E-state index in [9.17, 15) is 32.7 Å². The first-order valence-corrected chi connectivity index (χ1v) is 12.2. The molecule has 0 saturated heterocycles. The highest BCUT2D eigenvalue weighted by molar-refractivity contribution is 7.89. The fraction of sp³-hybridized carbons (Fsp3) is 0.545. The highest BCUT2D eigenvalue weighted by Crippen LogP contribution is 2.13. The molecule has 196 valence electrons. The minimum absolute atomic E-state index is 0.0448. The van der Waals surface area contributed by atoms with E-state index in [-0.39, 0.29) is 17.2 Å². The fourth-order valence-electron chi connectivity index (χ4n) is 2.99. The van der Waals surface area contributed by atoms with Gasteiger partial charge in [0.1, 0.15) is 18.1 Å². The Morgan fingerprint density at radius 2 is 1.46 bits per heavy atom. The van der Waals surface area contributed by atoms with Gasteiger partial charge in [-0.1, -0.05) is 31.5 Å². The topological polar surface area (TPSA) is 177 Å². The number of hydrogen-bond acceptors (Lipinski definition) is 9. The zero-order valence-corrected chi connectivity index (χ0v) is 21.3. The Bertz CT molecular complexity index is 1010. The number of carbonyl (C=O) groups is 4. The van der Waals surface area contributed by atoms with E-state index in [4.69, 9.17) is 0 Å². The molecule has 0 aliphatic heterocycles. The molecule has 0 radical (unpaired) electrons. The molecule has 13 heteroatoms. The van der Waals surface area contributed by atoms with Crippen LogP contribution in [0.2, 0.25) is 0 Å². The van der Waals surface area contributed by atoms with Crippen LogP contribution in [0.5, 0.6) is 0 Å². The van der Waals surface area contributed by atoms with Crippen LogP contribution in [0.25, 0.3) is 0 Å². The van der Waals surface area contributed by atoms with Gasteiger partial charge in [-0.25, -0.2) is 18.0 Å². The average molecular weight is 516 g/mol. The molecular weight excluding hydrogens is 482 g/mol. The lowest BCUT2D eigenvalue weighted by Gasteiger charge is -2.26. The quantitative estimate of drug-likeness (QED) is 0.264. The molecule has 1 aromatic rings. The van der Waals surface area contributed by atoms with Gasteiger partial charge in [0.25, 0.3) is 5.91 Å². The van der Waals surface area contributed by atoms with Crippen LogP contribution in [0.15, 0.2) is 29.2 Å². The van der Waals surface area contributed by atoms with Gasteiger partial charge in [0, 0.05) is 0 Å². The molecule has 12 nitrogen and oxygen atoms in total. The van der Waals surface area contributed by atoms with Crippen molar-refractivity contribution in [3.05, 3.63) is 29.8 Å². The normalized spacial score (nSPS) is 14.9. The summed E-state index contributed by atoms with van der Waals surface area (Å²) in [7, 11) is -2.18. The first-order valence-electron chi connectivity index (χ1n) is 10.8. The van der Waals surface area contributed by atoms with Gasteiger partial charge in [-0.2, -0.15) is 4.72 Å². The minimum atomic E-state index is -4.39. The zero-order chi connectivity index (χ0) is 26.9. The molecule has 1 rings (SSSR count). The van der Waals surface area contributed by atoms with Gasteiger partial charge in [-0.15, -0.1) is 0 Å². The molecule has 4 atom stereocenters.